The smallest absolute Gasteiger partial charge is 0.182 e. The molecule has 0 atom stereocenters. The zero-order chi connectivity index (χ0) is 14.9. The first kappa shape index (κ1) is 14.1. The van der Waals surface area contributed by atoms with Crippen molar-refractivity contribution in [2.24, 2.45) is 0 Å². The van der Waals surface area contributed by atoms with Gasteiger partial charge < -0.3 is 0 Å². The van der Waals surface area contributed by atoms with Gasteiger partial charge in [0.2, 0.25) is 0 Å². The molecular weight excluding hydrogens is 304 g/mol. The third-order valence-corrected chi connectivity index (χ3v) is 5.30. The van der Waals surface area contributed by atoms with Crippen LogP contribution in [0.1, 0.15) is 5.56 Å². The van der Waals surface area contributed by atoms with Gasteiger partial charge in [0.1, 0.15) is 0 Å². The zero-order valence-corrected chi connectivity index (χ0v) is 12.7. The van der Waals surface area contributed by atoms with Crippen LogP contribution in [-0.4, -0.2) is 8.42 Å². The van der Waals surface area contributed by atoms with Gasteiger partial charge in [-0.15, -0.1) is 0 Å². The molecule has 0 aliphatic heterocycles. The van der Waals surface area contributed by atoms with Crippen LogP contribution in [0.2, 0.25) is 5.02 Å². The second-order valence-electron chi connectivity index (χ2n) is 4.89. The van der Waals surface area contributed by atoms with Gasteiger partial charge in [0.15, 0.2) is 9.84 Å². The molecule has 0 amide bonds. The summed E-state index contributed by atoms with van der Waals surface area (Å²) in [6.07, 6.45) is 0. The Morgan fingerprint density at radius 1 is 0.810 bits per heavy atom. The van der Waals surface area contributed by atoms with E-state index in [1.54, 1.807) is 24.3 Å². The predicted molar refractivity (Wildman–Crippen MR) is 86.3 cm³/mol. The highest BCUT2D eigenvalue weighted by atomic mass is 35.5. The molecular formula is C17H13ClO2S. The molecule has 0 bridgehead atoms. The highest BCUT2D eigenvalue weighted by Crippen LogP contribution is 2.21. The van der Waals surface area contributed by atoms with Crippen molar-refractivity contribution in [3.8, 4) is 0 Å². The quantitative estimate of drug-likeness (QED) is 0.714. The Kier molecular flexibility index (Phi) is 3.70. The van der Waals surface area contributed by atoms with E-state index >= 15 is 0 Å². The summed E-state index contributed by atoms with van der Waals surface area (Å²) in [5, 5.41) is 2.67. The van der Waals surface area contributed by atoms with Crippen LogP contribution in [0.5, 0.6) is 0 Å². The second-order valence-corrected chi connectivity index (χ2v) is 7.32. The lowest BCUT2D eigenvalue weighted by atomic mass is 10.1. The zero-order valence-electron chi connectivity index (χ0n) is 11.2. The van der Waals surface area contributed by atoms with Gasteiger partial charge >= 0.3 is 0 Å². The summed E-state index contributed by atoms with van der Waals surface area (Å²) >= 11 is 5.79. The third-order valence-electron chi connectivity index (χ3n) is 3.34. The van der Waals surface area contributed by atoms with Crippen molar-refractivity contribution in [3.63, 3.8) is 0 Å². The van der Waals surface area contributed by atoms with Crippen LogP contribution >= 0.6 is 11.6 Å². The Morgan fingerprint density at radius 2 is 1.48 bits per heavy atom. The standard InChI is InChI=1S/C17H13ClO2S/c18-16-7-9-17(10-8-16)21(19,20)12-13-5-6-14-3-1-2-4-15(14)11-13/h1-11H,12H2. The molecule has 0 saturated carbocycles. The van der Waals surface area contributed by atoms with E-state index in [2.05, 4.69) is 0 Å². The first-order valence-electron chi connectivity index (χ1n) is 6.51. The number of sulfone groups is 1. The molecule has 0 saturated heterocycles. The Bertz CT molecular complexity index is 884. The van der Waals surface area contributed by atoms with Crippen molar-refractivity contribution in [2.75, 3.05) is 0 Å². The number of rotatable bonds is 3. The normalized spacial score (nSPS) is 11.7. The van der Waals surface area contributed by atoms with Gasteiger partial charge in [-0.25, -0.2) is 8.42 Å². The summed E-state index contributed by atoms with van der Waals surface area (Å²) in [5.41, 5.74) is 0.781. The lowest BCUT2D eigenvalue weighted by Crippen LogP contribution is -2.04. The molecule has 3 rings (SSSR count). The van der Waals surface area contributed by atoms with Gasteiger partial charge in [-0.2, -0.15) is 0 Å². The molecule has 106 valence electrons. The average molecular weight is 317 g/mol. The monoisotopic (exact) mass is 316 g/mol. The van der Waals surface area contributed by atoms with Gasteiger partial charge in [0.05, 0.1) is 10.6 Å². The maximum Gasteiger partial charge on any atom is 0.182 e. The molecule has 0 radical (unpaired) electrons. The molecule has 3 aromatic rings. The van der Waals surface area contributed by atoms with Crippen LogP contribution in [0.15, 0.2) is 71.6 Å². The summed E-state index contributed by atoms with van der Waals surface area (Å²) in [7, 11) is -3.36. The van der Waals surface area contributed by atoms with Crippen molar-refractivity contribution >= 4 is 32.2 Å². The Balaban J connectivity index is 1.95. The van der Waals surface area contributed by atoms with E-state index in [0.29, 0.717) is 9.92 Å². The van der Waals surface area contributed by atoms with Crippen molar-refractivity contribution in [2.45, 2.75) is 10.6 Å². The third kappa shape index (κ3) is 3.09. The van der Waals surface area contributed by atoms with E-state index < -0.39 is 9.84 Å². The first-order chi connectivity index (χ1) is 10.0. The number of hydrogen-bond acceptors (Lipinski definition) is 2. The van der Waals surface area contributed by atoms with Gasteiger partial charge in [-0.1, -0.05) is 54.1 Å². The summed E-state index contributed by atoms with van der Waals surface area (Å²) < 4.78 is 24.8. The molecule has 0 aromatic heterocycles. The van der Waals surface area contributed by atoms with Crippen molar-refractivity contribution in [1.82, 2.24) is 0 Å². The predicted octanol–water partition coefficient (Wildman–Crippen LogP) is 4.47. The molecule has 2 nitrogen and oxygen atoms in total. The fourth-order valence-corrected chi connectivity index (χ4v) is 3.74. The molecule has 21 heavy (non-hydrogen) atoms. The summed E-state index contributed by atoms with van der Waals surface area (Å²) in [6, 6.07) is 19.9. The molecule has 0 N–H and O–H groups in total. The summed E-state index contributed by atoms with van der Waals surface area (Å²) in [5.74, 6) is -0.0144. The molecule has 3 aromatic carbocycles. The fraction of sp³-hybridized carbons (Fsp3) is 0.0588. The molecule has 0 unspecified atom stereocenters. The van der Waals surface area contributed by atoms with Crippen LogP contribution < -0.4 is 0 Å². The number of benzene rings is 3. The topological polar surface area (TPSA) is 34.1 Å². The average Bonchev–Trinajstić information content (AvgIpc) is 2.47. The minimum atomic E-state index is -3.36. The molecule has 4 heteroatoms. The summed E-state index contributed by atoms with van der Waals surface area (Å²) in [4.78, 5) is 0.292. The van der Waals surface area contributed by atoms with Crippen molar-refractivity contribution < 1.29 is 8.42 Å². The van der Waals surface area contributed by atoms with E-state index in [1.165, 1.54) is 0 Å². The molecule has 0 aliphatic rings. The number of fused-ring (bicyclic) bond motifs is 1. The Labute approximate surface area is 128 Å². The van der Waals surface area contributed by atoms with Crippen molar-refractivity contribution in [3.05, 3.63) is 77.3 Å². The minimum Gasteiger partial charge on any atom is -0.223 e. The molecule has 0 fully saturated rings. The summed E-state index contributed by atoms with van der Waals surface area (Å²) in [6.45, 7) is 0. The largest absolute Gasteiger partial charge is 0.223 e. The minimum absolute atomic E-state index is 0.0144. The van der Waals surface area contributed by atoms with Gasteiger partial charge in [0.25, 0.3) is 0 Å². The van der Waals surface area contributed by atoms with E-state index in [9.17, 15) is 8.42 Å². The SMILES string of the molecule is O=S(=O)(Cc1ccc2ccccc2c1)c1ccc(Cl)cc1. The Hall–Kier alpha value is -1.84. The van der Waals surface area contributed by atoms with Crippen LogP contribution in [-0.2, 0) is 15.6 Å². The Morgan fingerprint density at radius 3 is 2.19 bits per heavy atom. The fourth-order valence-electron chi connectivity index (χ4n) is 2.27. The lowest BCUT2D eigenvalue weighted by Gasteiger charge is -2.06. The first-order valence-corrected chi connectivity index (χ1v) is 8.54. The van der Waals surface area contributed by atoms with Gasteiger partial charge in [-0.05, 0) is 40.6 Å². The second kappa shape index (κ2) is 5.51. The van der Waals surface area contributed by atoms with E-state index in [0.717, 1.165) is 16.3 Å². The van der Waals surface area contributed by atoms with E-state index in [-0.39, 0.29) is 5.75 Å². The lowest BCUT2D eigenvalue weighted by molar-refractivity contribution is 0.595. The van der Waals surface area contributed by atoms with E-state index in [1.807, 2.05) is 42.5 Å². The van der Waals surface area contributed by atoms with Gasteiger partial charge in [0, 0.05) is 5.02 Å². The van der Waals surface area contributed by atoms with Gasteiger partial charge in [-0.3, -0.25) is 0 Å². The molecule has 0 aliphatic carbocycles. The van der Waals surface area contributed by atoms with E-state index in [4.69, 9.17) is 11.6 Å². The van der Waals surface area contributed by atoms with Crippen LogP contribution in [0.4, 0.5) is 0 Å². The van der Waals surface area contributed by atoms with Crippen molar-refractivity contribution in [1.29, 1.82) is 0 Å². The maximum atomic E-state index is 12.4. The molecule has 0 heterocycles. The van der Waals surface area contributed by atoms with Crippen LogP contribution in [0, 0.1) is 0 Å². The highest BCUT2D eigenvalue weighted by molar-refractivity contribution is 7.90. The van der Waals surface area contributed by atoms with Crippen LogP contribution in [0.25, 0.3) is 10.8 Å². The van der Waals surface area contributed by atoms with Crippen LogP contribution in [0.3, 0.4) is 0 Å². The molecule has 0 spiro atoms. The highest BCUT2D eigenvalue weighted by Gasteiger charge is 2.15. The number of halogens is 1. The number of hydrogen-bond donors (Lipinski definition) is 0. The maximum absolute atomic E-state index is 12.4.